The Kier molecular flexibility index (Phi) is 6.19. The first-order chi connectivity index (χ1) is 14.4. The van der Waals surface area contributed by atoms with Gasteiger partial charge in [-0.25, -0.2) is 8.42 Å². The van der Waals surface area contributed by atoms with Crippen LogP contribution in [0.25, 0.3) is 11.4 Å². The highest BCUT2D eigenvalue weighted by Gasteiger charge is 2.28. The van der Waals surface area contributed by atoms with Crippen LogP contribution in [0.3, 0.4) is 0 Å². The minimum Gasteiger partial charge on any atom is -0.345 e. The topological polar surface area (TPSA) is 105 Å². The number of amides is 1. The van der Waals surface area contributed by atoms with Crippen LogP contribution in [0, 0.1) is 5.92 Å². The van der Waals surface area contributed by atoms with Gasteiger partial charge >= 0.3 is 11.8 Å². The lowest BCUT2D eigenvalue weighted by Crippen LogP contribution is -2.37. The molecule has 0 atom stereocenters. The van der Waals surface area contributed by atoms with E-state index >= 15 is 0 Å². The molecule has 0 spiro atoms. The van der Waals surface area contributed by atoms with Gasteiger partial charge in [0.15, 0.2) is 0 Å². The SMILES string of the molecule is CC1CCN(S(=O)(=O)c2ccc(-c3noc(C(=O)NC4CCCCC4)n3)cc2)CC1. The van der Waals surface area contributed by atoms with Crippen molar-refractivity contribution in [3.05, 3.63) is 30.2 Å². The summed E-state index contributed by atoms with van der Waals surface area (Å²) >= 11 is 0. The number of rotatable bonds is 5. The summed E-state index contributed by atoms with van der Waals surface area (Å²) in [7, 11) is -3.50. The Morgan fingerprint density at radius 2 is 1.73 bits per heavy atom. The van der Waals surface area contributed by atoms with Crippen molar-refractivity contribution in [1.82, 2.24) is 19.8 Å². The van der Waals surface area contributed by atoms with Crippen LogP contribution >= 0.6 is 0 Å². The van der Waals surface area contributed by atoms with Crippen LogP contribution in [0.2, 0.25) is 0 Å². The minimum absolute atomic E-state index is 0.0743. The summed E-state index contributed by atoms with van der Waals surface area (Å²) in [5.74, 6) is 0.384. The van der Waals surface area contributed by atoms with Crippen molar-refractivity contribution in [2.45, 2.75) is 62.8 Å². The molecule has 4 rings (SSSR count). The van der Waals surface area contributed by atoms with E-state index in [0.717, 1.165) is 38.5 Å². The zero-order valence-electron chi connectivity index (χ0n) is 17.2. The lowest BCUT2D eigenvalue weighted by molar-refractivity contribution is 0.0883. The molecule has 30 heavy (non-hydrogen) atoms. The molecule has 2 aliphatic rings. The van der Waals surface area contributed by atoms with Crippen LogP contribution in [0.1, 0.15) is 62.6 Å². The van der Waals surface area contributed by atoms with E-state index in [9.17, 15) is 13.2 Å². The average Bonchev–Trinajstić information content (AvgIpc) is 3.25. The summed E-state index contributed by atoms with van der Waals surface area (Å²) < 4.78 is 32.4. The van der Waals surface area contributed by atoms with E-state index in [1.807, 2.05) is 0 Å². The lowest BCUT2D eigenvalue weighted by Gasteiger charge is -2.29. The number of piperidine rings is 1. The normalized spacial score (nSPS) is 19.6. The predicted octanol–water partition coefficient (Wildman–Crippen LogP) is 3.22. The minimum atomic E-state index is -3.50. The van der Waals surface area contributed by atoms with Crippen molar-refractivity contribution >= 4 is 15.9 Å². The third-order valence-electron chi connectivity index (χ3n) is 6.05. The first kappa shape index (κ1) is 21.0. The third-order valence-corrected chi connectivity index (χ3v) is 7.97. The summed E-state index contributed by atoms with van der Waals surface area (Å²) in [6.45, 7) is 3.25. The summed E-state index contributed by atoms with van der Waals surface area (Å²) in [5, 5.41) is 6.83. The van der Waals surface area contributed by atoms with Crippen molar-refractivity contribution in [3.63, 3.8) is 0 Å². The maximum absolute atomic E-state index is 12.8. The first-order valence-corrected chi connectivity index (χ1v) is 12.1. The zero-order valence-corrected chi connectivity index (χ0v) is 18.0. The second-order valence-corrected chi connectivity index (χ2v) is 10.3. The summed E-state index contributed by atoms with van der Waals surface area (Å²) in [6, 6.07) is 6.56. The highest BCUT2D eigenvalue weighted by Crippen LogP contribution is 2.25. The fraction of sp³-hybridized carbons (Fsp3) is 0.571. The molecule has 1 amide bonds. The summed E-state index contributed by atoms with van der Waals surface area (Å²) in [4.78, 5) is 16.8. The number of sulfonamides is 1. The zero-order chi connectivity index (χ0) is 21.1. The molecule has 0 unspecified atom stereocenters. The number of carbonyl (C=O) groups excluding carboxylic acids is 1. The van der Waals surface area contributed by atoms with Gasteiger partial charge in [0, 0.05) is 24.7 Å². The number of hydrogen-bond acceptors (Lipinski definition) is 6. The van der Waals surface area contributed by atoms with Gasteiger partial charge in [0.2, 0.25) is 15.8 Å². The predicted molar refractivity (Wildman–Crippen MR) is 111 cm³/mol. The van der Waals surface area contributed by atoms with Crippen LogP contribution in [-0.2, 0) is 10.0 Å². The molecule has 0 bridgehead atoms. The molecule has 1 aromatic heterocycles. The Balaban J connectivity index is 1.43. The molecular weight excluding hydrogens is 404 g/mol. The molecule has 1 aromatic carbocycles. The third kappa shape index (κ3) is 4.57. The number of benzene rings is 1. The van der Waals surface area contributed by atoms with Gasteiger partial charge in [-0.1, -0.05) is 31.3 Å². The smallest absolute Gasteiger partial charge is 0.316 e. The average molecular weight is 433 g/mol. The maximum Gasteiger partial charge on any atom is 0.316 e. The number of nitrogens with one attached hydrogen (secondary N) is 1. The highest BCUT2D eigenvalue weighted by molar-refractivity contribution is 7.89. The van der Waals surface area contributed by atoms with Crippen LogP contribution in [0.5, 0.6) is 0 Å². The number of carbonyl (C=O) groups is 1. The molecule has 162 valence electrons. The molecule has 1 aliphatic carbocycles. The molecule has 2 aromatic rings. The van der Waals surface area contributed by atoms with Crippen LogP contribution < -0.4 is 5.32 Å². The van der Waals surface area contributed by atoms with E-state index < -0.39 is 10.0 Å². The molecule has 1 N–H and O–H groups in total. The summed E-state index contributed by atoms with van der Waals surface area (Å²) in [5.41, 5.74) is 0.599. The maximum atomic E-state index is 12.8. The van der Waals surface area contributed by atoms with E-state index in [1.54, 1.807) is 28.6 Å². The Morgan fingerprint density at radius 1 is 1.07 bits per heavy atom. The van der Waals surface area contributed by atoms with Crippen molar-refractivity contribution in [2.24, 2.45) is 5.92 Å². The van der Waals surface area contributed by atoms with Crippen molar-refractivity contribution in [2.75, 3.05) is 13.1 Å². The monoisotopic (exact) mass is 432 g/mol. The van der Waals surface area contributed by atoms with Gasteiger partial charge in [-0.15, -0.1) is 0 Å². The Labute approximate surface area is 177 Å². The highest BCUT2D eigenvalue weighted by atomic mass is 32.2. The van der Waals surface area contributed by atoms with Gasteiger partial charge in [-0.05, 0) is 55.9 Å². The Hall–Kier alpha value is -2.26. The van der Waals surface area contributed by atoms with Gasteiger partial charge in [-0.2, -0.15) is 9.29 Å². The van der Waals surface area contributed by atoms with Gasteiger partial charge in [0.05, 0.1) is 4.90 Å². The van der Waals surface area contributed by atoms with Crippen molar-refractivity contribution < 1.29 is 17.7 Å². The van der Waals surface area contributed by atoms with Crippen LogP contribution in [-0.4, -0.2) is 47.9 Å². The molecule has 1 saturated heterocycles. The molecule has 2 heterocycles. The molecule has 1 saturated carbocycles. The van der Waals surface area contributed by atoms with E-state index in [2.05, 4.69) is 22.4 Å². The van der Waals surface area contributed by atoms with Crippen molar-refractivity contribution in [3.8, 4) is 11.4 Å². The number of hydrogen-bond donors (Lipinski definition) is 1. The Bertz CT molecular complexity index is 973. The summed E-state index contributed by atoms with van der Waals surface area (Å²) in [6.07, 6.45) is 7.14. The van der Waals surface area contributed by atoms with E-state index in [-0.39, 0.29) is 28.6 Å². The quantitative estimate of drug-likeness (QED) is 0.778. The fourth-order valence-electron chi connectivity index (χ4n) is 4.08. The molecule has 1 aliphatic heterocycles. The van der Waals surface area contributed by atoms with E-state index in [1.165, 1.54) is 6.42 Å². The molecule has 0 radical (unpaired) electrons. The first-order valence-electron chi connectivity index (χ1n) is 10.7. The molecule has 8 nitrogen and oxygen atoms in total. The van der Waals surface area contributed by atoms with Gasteiger partial charge in [-0.3, -0.25) is 4.79 Å². The molecule has 9 heteroatoms. The van der Waals surface area contributed by atoms with Crippen LogP contribution in [0.4, 0.5) is 0 Å². The van der Waals surface area contributed by atoms with E-state index in [0.29, 0.717) is 24.6 Å². The molecule has 2 fully saturated rings. The largest absolute Gasteiger partial charge is 0.345 e. The standard InChI is InChI=1S/C21H28N4O4S/c1-15-11-13-25(14-12-15)30(27,28)18-9-7-16(8-10-18)19-23-21(29-24-19)20(26)22-17-5-3-2-4-6-17/h7-10,15,17H,2-6,11-14H2,1H3,(H,22,26). The lowest BCUT2D eigenvalue weighted by atomic mass is 9.95. The number of nitrogens with zero attached hydrogens (tertiary/aromatic N) is 3. The Morgan fingerprint density at radius 3 is 2.40 bits per heavy atom. The van der Waals surface area contributed by atoms with Gasteiger partial charge in [0.1, 0.15) is 0 Å². The molecular formula is C21H28N4O4S. The second kappa shape index (κ2) is 8.85. The van der Waals surface area contributed by atoms with Gasteiger partial charge < -0.3 is 9.84 Å². The van der Waals surface area contributed by atoms with Gasteiger partial charge in [0.25, 0.3) is 0 Å². The fourth-order valence-corrected chi connectivity index (χ4v) is 5.55. The van der Waals surface area contributed by atoms with Crippen molar-refractivity contribution in [1.29, 1.82) is 0 Å². The van der Waals surface area contributed by atoms with Crippen LogP contribution in [0.15, 0.2) is 33.7 Å². The number of aromatic nitrogens is 2. The second-order valence-electron chi connectivity index (χ2n) is 8.34. The van der Waals surface area contributed by atoms with E-state index in [4.69, 9.17) is 4.52 Å².